The minimum Gasteiger partial charge on any atom is -0.322 e. The van der Waals surface area contributed by atoms with Gasteiger partial charge in [-0.3, -0.25) is 9.59 Å². The van der Waals surface area contributed by atoms with Crippen LogP contribution in [0.1, 0.15) is 20.0 Å². The predicted octanol–water partition coefficient (Wildman–Crippen LogP) is 3.64. The van der Waals surface area contributed by atoms with Gasteiger partial charge in [0.1, 0.15) is 10.7 Å². The lowest BCUT2D eigenvalue weighted by atomic mass is 10.2. The molecule has 3 aromatic rings. The molecular weight excluding hydrogens is 429 g/mol. The number of anilines is 2. The lowest BCUT2D eigenvalue weighted by Crippen LogP contribution is -2.24. The summed E-state index contributed by atoms with van der Waals surface area (Å²) in [6, 6.07) is 13.1. The van der Waals surface area contributed by atoms with Gasteiger partial charge in [-0.1, -0.05) is 12.1 Å². The van der Waals surface area contributed by atoms with Crippen LogP contribution in [-0.4, -0.2) is 38.6 Å². The molecule has 0 saturated carbocycles. The maximum absolute atomic E-state index is 14.0. The quantitative estimate of drug-likeness (QED) is 0.603. The Labute approximate surface area is 177 Å². The van der Waals surface area contributed by atoms with Gasteiger partial charge in [0.15, 0.2) is 0 Å². The number of carbonyl (C=O) groups excluding carboxylic acids is 2. The molecule has 1 aromatic heterocycles. The van der Waals surface area contributed by atoms with Gasteiger partial charge in [0.05, 0.1) is 4.88 Å². The van der Waals surface area contributed by atoms with E-state index in [4.69, 9.17) is 0 Å². The van der Waals surface area contributed by atoms with Gasteiger partial charge in [0.25, 0.3) is 11.8 Å². The Bertz CT molecular complexity index is 1190. The van der Waals surface area contributed by atoms with E-state index in [0.29, 0.717) is 16.3 Å². The molecule has 3 rings (SSSR count). The zero-order chi connectivity index (χ0) is 21.9. The molecule has 0 aliphatic heterocycles. The van der Waals surface area contributed by atoms with Gasteiger partial charge >= 0.3 is 0 Å². The second-order valence-corrected chi connectivity index (χ2v) is 9.47. The van der Waals surface area contributed by atoms with Crippen LogP contribution in [0.4, 0.5) is 15.8 Å². The summed E-state index contributed by atoms with van der Waals surface area (Å²) in [5.41, 5.74) is 0.830. The third kappa shape index (κ3) is 4.73. The molecule has 2 amide bonds. The zero-order valence-electron chi connectivity index (χ0n) is 16.0. The number of thiophene rings is 1. The molecule has 2 N–H and O–H groups in total. The highest BCUT2D eigenvalue weighted by molar-refractivity contribution is 7.89. The fourth-order valence-electron chi connectivity index (χ4n) is 2.52. The van der Waals surface area contributed by atoms with Crippen LogP contribution in [0.15, 0.2) is 64.9 Å². The molecule has 0 aliphatic rings. The maximum Gasteiger partial charge on any atom is 0.265 e. The van der Waals surface area contributed by atoms with E-state index in [1.165, 1.54) is 31.5 Å². The number of rotatable bonds is 6. The highest BCUT2D eigenvalue weighted by Crippen LogP contribution is 2.21. The average Bonchev–Trinajstić information content (AvgIpc) is 3.23. The molecule has 30 heavy (non-hydrogen) atoms. The second-order valence-electron chi connectivity index (χ2n) is 6.40. The number of nitrogens with one attached hydrogen (secondary N) is 2. The molecule has 0 bridgehead atoms. The smallest absolute Gasteiger partial charge is 0.265 e. The van der Waals surface area contributed by atoms with Gasteiger partial charge in [0.2, 0.25) is 10.0 Å². The van der Waals surface area contributed by atoms with E-state index >= 15 is 0 Å². The second kappa shape index (κ2) is 8.74. The van der Waals surface area contributed by atoms with Crippen LogP contribution in [0.3, 0.4) is 0 Å². The topological polar surface area (TPSA) is 95.6 Å². The highest BCUT2D eigenvalue weighted by atomic mass is 32.2. The molecule has 156 valence electrons. The summed E-state index contributed by atoms with van der Waals surface area (Å²) in [4.78, 5) is 24.7. The molecule has 0 fully saturated rings. The SMILES string of the molecule is CN(C)S(=O)(=O)c1cc(C(=O)Nc2cccc(NC(=O)c3cccs3)c2)ccc1F. The molecule has 0 atom stereocenters. The molecule has 10 heteroatoms. The minimum atomic E-state index is -4.05. The van der Waals surface area contributed by atoms with Crippen LogP contribution >= 0.6 is 11.3 Å². The first-order valence-corrected chi connectivity index (χ1v) is 11.0. The van der Waals surface area contributed by atoms with Crippen molar-refractivity contribution in [2.45, 2.75) is 4.90 Å². The van der Waals surface area contributed by atoms with Crippen molar-refractivity contribution in [1.29, 1.82) is 0 Å². The third-order valence-electron chi connectivity index (χ3n) is 4.08. The lowest BCUT2D eigenvalue weighted by molar-refractivity contribution is 0.102. The largest absolute Gasteiger partial charge is 0.322 e. The Hall–Kier alpha value is -3.08. The van der Waals surface area contributed by atoms with Gasteiger partial charge < -0.3 is 10.6 Å². The lowest BCUT2D eigenvalue weighted by Gasteiger charge is -2.13. The van der Waals surface area contributed by atoms with E-state index in [0.717, 1.165) is 16.4 Å². The number of hydrogen-bond donors (Lipinski definition) is 2. The minimum absolute atomic E-state index is 0.0233. The molecule has 0 saturated heterocycles. The Morgan fingerprint density at radius 3 is 2.20 bits per heavy atom. The number of nitrogens with zero attached hydrogens (tertiary/aromatic N) is 1. The number of hydrogen-bond acceptors (Lipinski definition) is 5. The van der Waals surface area contributed by atoms with Gasteiger partial charge in [0, 0.05) is 31.0 Å². The molecule has 1 heterocycles. The van der Waals surface area contributed by atoms with Crippen molar-refractivity contribution in [3.63, 3.8) is 0 Å². The van der Waals surface area contributed by atoms with Crippen molar-refractivity contribution in [3.8, 4) is 0 Å². The molecule has 0 spiro atoms. The van der Waals surface area contributed by atoms with E-state index in [2.05, 4.69) is 10.6 Å². The van der Waals surface area contributed by atoms with Crippen LogP contribution in [0, 0.1) is 5.82 Å². The summed E-state index contributed by atoms with van der Waals surface area (Å²) in [6.07, 6.45) is 0. The van der Waals surface area contributed by atoms with Crippen molar-refractivity contribution < 1.29 is 22.4 Å². The van der Waals surface area contributed by atoms with Crippen molar-refractivity contribution in [2.24, 2.45) is 0 Å². The highest BCUT2D eigenvalue weighted by Gasteiger charge is 2.23. The third-order valence-corrected chi connectivity index (χ3v) is 6.77. The van der Waals surface area contributed by atoms with E-state index in [-0.39, 0.29) is 11.5 Å². The fraction of sp³-hybridized carbons (Fsp3) is 0.100. The normalized spacial score (nSPS) is 11.3. The predicted molar refractivity (Wildman–Crippen MR) is 114 cm³/mol. The number of amides is 2. The van der Waals surface area contributed by atoms with Gasteiger partial charge in [-0.25, -0.2) is 17.1 Å². The molecule has 0 radical (unpaired) electrons. The van der Waals surface area contributed by atoms with Crippen molar-refractivity contribution in [1.82, 2.24) is 4.31 Å². The van der Waals surface area contributed by atoms with Crippen molar-refractivity contribution >= 4 is 44.5 Å². The van der Waals surface area contributed by atoms with Crippen molar-refractivity contribution in [3.05, 3.63) is 76.2 Å². The van der Waals surface area contributed by atoms with Crippen LogP contribution < -0.4 is 10.6 Å². The molecule has 0 aliphatic carbocycles. The van der Waals surface area contributed by atoms with Crippen molar-refractivity contribution in [2.75, 3.05) is 24.7 Å². The molecule has 7 nitrogen and oxygen atoms in total. The van der Waals surface area contributed by atoms with Crippen LogP contribution in [0.25, 0.3) is 0 Å². The average molecular weight is 448 g/mol. The number of benzene rings is 2. The number of sulfonamides is 1. The summed E-state index contributed by atoms with van der Waals surface area (Å²) in [5.74, 6) is -1.84. The summed E-state index contributed by atoms with van der Waals surface area (Å²) in [6.45, 7) is 0. The first kappa shape index (κ1) is 21.6. The standard InChI is InChI=1S/C20H18FN3O4S2/c1-24(2)30(27,28)18-11-13(8-9-16(18)21)19(25)22-14-5-3-6-15(12-14)23-20(26)17-7-4-10-29-17/h3-12H,1-2H3,(H,22,25)(H,23,26). The van der Waals surface area contributed by atoms with Gasteiger partial charge in [-0.2, -0.15) is 0 Å². The fourth-order valence-corrected chi connectivity index (χ4v) is 4.12. The maximum atomic E-state index is 14.0. The summed E-state index contributed by atoms with van der Waals surface area (Å²) < 4.78 is 39.4. The van der Waals surface area contributed by atoms with Crippen LogP contribution in [0.5, 0.6) is 0 Å². The monoisotopic (exact) mass is 447 g/mol. The number of carbonyl (C=O) groups is 2. The molecular formula is C20H18FN3O4S2. The first-order chi connectivity index (χ1) is 14.2. The Balaban J connectivity index is 1.79. The van der Waals surface area contributed by atoms with Crippen LogP contribution in [-0.2, 0) is 10.0 Å². The Kier molecular flexibility index (Phi) is 6.30. The number of halogens is 1. The van der Waals surface area contributed by atoms with E-state index in [9.17, 15) is 22.4 Å². The summed E-state index contributed by atoms with van der Waals surface area (Å²) in [7, 11) is -1.50. The van der Waals surface area contributed by atoms with E-state index < -0.39 is 26.6 Å². The Morgan fingerprint density at radius 1 is 0.933 bits per heavy atom. The molecule has 2 aromatic carbocycles. The van der Waals surface area contributed by atoms with E-state index in [1.807, 2.05) is 0 Å². The van der Waals surface area contributed by atoms with Gasteiger partial charge in [-0.05, 0) is 47.8 Å². The van der Waals surface area contributed by atoms with Gasteiger partial charge in [-0.15, -0.1) is 11.3 Å². The summed E-state index contributed by atoms with van der Waals surface area (Å²) >= 11 is 1.30. The van der Waals surface area contributed by atoms with Crippen LogP contribution in [0.2, 0.25) is 0 Å². The van der Waals surface area contributed by atoms with E-state index in [1.54, 1.807) is 41.8 Å². The zero-order valence-corrected chi connectivity index (χ0v) is 17.7. The first-order valence-electron chi connectivity index (χ1n) is 8.67. The summed E-state index contributed by atoms with van der Waals surface area (Å²) in [5, 5.41) is 7.14. The molecule has 0 unspecified atom stereocenters. The Morgan fingerprint density at radius 2 is 1.60 bits per heavy atom.